The van der Waals surface area contributed by atoms with Crippen LogP contribution in [0.15, 0.2) is 22.7 Å². The highest BCUT2D eigenvalue weighted by Crippen LogP contribution is 2.27. The zero-order valence-electron chi connectivity index (χ0n) is 11.0. The number of piperidine rings is 1. The van der Waals surface area contributed by atoms with Crippen LogP contribution in [0.4, 0.5) is 5.95 Å². The maximum atomic E-state index is 9.42. The Morgan fingerprint density at radius 2 is 2.00 bits per heavy atom. The molecule has 5 nitrogen and oxygen atoms in total. The summed E-state index contributed by atoms with van der Waals surface area (Å²) in [4.78, 5) is 6.62. The van der Waals surface area contributed by atoms with Crippen molar-refractivity contribution in [3.8, 4) is 17.2 Å². The van der Waals surface area contributed by atoms with Crippen LogP contribution in [0.3, 0.4) is 0 Å². The van der Waals surface area contributed by atoms with Crippen molar-refractivity contribution in [3.05, 3.63) is 23.8 Å². The number of hydrogen-bond acceptors (Lipinski definition) is 5. The summed E-state index contributed by atoms with van der Waals surface area (Å²) >= 11 is 0. The van der Waals surface area contributed by atoms with Crippen LogP contribution in [-0.2, 0) is 0 Å². The van der Waals surface area contributed by atoms with Crippen LogP contribution < -0.4 is 4.90 Å². The van der Waals surface area contributed by atoms with E-state index < -0.39 is 0 Å². The van der Waals surface area contributed by atoms with E-state index in [2.05, 4.69) is 15.0 Å². The molecule has 0 amide bonds. The molecule has 2 heterocycles. The Kier molecular flexibility index (Phi) is 3.11. The van der Waals surface area contributed by atoms with Crippen molar-refractivity contribution in [3.63, 3.8) is 0 Å². The molecule has 1 aromatic carbocycles. The van der Waals surface area contributed by atoms with Gasteiger partial charge in [0.1, 0.15) is 5.75 Å². The molecule has 2 aromatic rings. The minimum atomic E-state index is 0.247. The molecule has 1 N–H and O–H groups in total. The molecule has 0 spiro atoms. The number of anilines is 1. The van der Waals surface area contributed by atoms with Crippen molar-refractivity contribution in [1.29, 1.82) is 0 Å². The molecule has 1 aliphatic rings. The van der Waals surface area contributed by atoms with Gasteiger partial charge < -0.3 is 14.5 Å². The lowest BCUT2D eigenvalue weighted by molar-refractivity contribution is 0.426. The summed E-state index contributed by atoms with van der Waals surface area (Å²) in [5.41, 5.74) is 1.79. The SMILES string of the molecule is Cc1cc(O)ccc1-c1nc(N2CCCCC2)no1. The molecular formula is C14H17N3O2. The molecule has 1 aromatic heterocycles. The number of hydrogen-bond donors (Lipinski definition) is 1. The second kappa shape index (κ2) is 4.91. The summed E-state index contributed by atoms with van der Waals surface area (Å²) in [5.74, 6) is 1.43. The molecule has 0 bridgehead atoms. The first-order valence-electron chi connectivity index (χ1n) is 6.63. The largest absolute Gasteiger partial charge is 0.508 e. The molecule has 5 heteroatoms. The Balaban J connectivity index is 1.87. The van der Waals surface area contributed by atoms with Gasteiger partial charge in [-0.15, -0.1) is 0 Å². The maximum Gasteiger partial charge on any atom is 0.266 e. The second-order valence-electron chi connectivity index (χ2n) is 4.95. The van der Waals surface area contributed by atoms with Crippen LogP contribution >= 0.6 is 0 Å². The molecule has 0 unspecified atom stereocenters. The summed E-state index contributed by atoms with van der Waals surface area (Å²) in [6.45, 7) is 3.90. The Labute approximate surface area is 111 Å². The Hall–Kier alpha value is -2.04. The van der Waals surface area contributed by atoms with Crippen molar-refractivity contribution >= 4 is 5.95 Å². The highest BCUT2D eigenvalue weighted by atomic mass is 16.5. The number of rotatable bonds is 2. The molecule has 1 fully saturated rings. The van der Waals surface area contributed by atoms with Gasteiger partial charge in [-0.1, -0.05) is 0 Å². The van der Waals surface area contributed by atoms with Crippen molar-refractivity contribution in [1.82, 2.24) is 10.1 Å². The van der Waals surface area contributed by atoms with Crippen LogP contribution in [0.25, 0.3) is 11.5 Å². The molecule has 0 atom stereocenters. The molecule has 100 valence electrons. The van der Waals surface area contributed by atoms with Crippen LogP contribution in [0.1, 0.15) is 24.8 Å². The van der Waals surface area contributed by atoms with Gasteiger partial charge in [0, 0.05) is 18.7 Å². The van der Waals surface area contributed by atoms with E-state index in [0.717, 1.165) is 24.2 Å². The van der Waals surface area contributed by atoms with Crippen LogP contribution in [0.5, 0.6) is 5.75 Å². The zero-order chi connectivity index (χ0) is 13.2. The lowest BCUT2D eigenvalue weighted by Crippen LogP contribution is -2.30. The van der Waals surface area contributed by atoms with Crippen molar-refractivity contribution in [2.24, 2.45) is 0 Å². The summed E-state index contributed by atoms with van der Waals surface area (Å²) < 4.78 is 5.34. The standard InChI is InChI=1S/C14H17N3O2/c1-10-9-11(18)5-6-12(10)13-15-14(16-19-13)17-7-3-2-4-8-17/h5-6,9,18H,2-4,7-8H2,1H3. The number of aromatic hydroxyl groups is 1. The van der Waals surface area contributed by atoms with Crippen LogP contribution in [0, 0.1) is 6.92 Å². The smallest absolute Gasteiger partial charge is 0.266 e. The highest BCUT2D eigenvalue weighted by molar-refractivity contribution is 5.60. The number of phenols is 1. The average molecular weight is 259 g/mol. The normalized spacial score (nSPS) is 15.7. The van der Waals surface area contributed by atoms with E-state index in [1.807, 2.05) is 6.92 Å². The minimum absolute atomic E-state index is 0.247. The van der Waals surface area contributed by atoms with E-state index in [0.29, 0.717) is 11.8 Å². The predicted molar refractivity (Wildman–Crippen MR) is 72.2 cm³/mol. The maximum absolute atomic E-state index is 9.42. The second-order valence-corrected chi connectivity index (χ2v) is 4.95. The molecule has 19 heavy (non-hydrogen) atoms. The fourth-order valence-electron chi connectivity index (χ4n) is 2.44. The topological polar surface area (TPSA) is 62.4 Å². The first kappa shape index (κ1) is 12.0. The lowest BCUT2D eigenvalue weighted by Gasteiger charge is -2.24. The van der Waals surface area contributed by atoms with Crippen LogP contribution in [0.2, 0.25) is 0 Å². The van der Waals surface area contributed by atoms with Gasteiger partial charge in [0.25, 0.3) is 11.8 Å². The summed E-state index contributed by atoms with van der Waals surface area (Å²) in [7, 11) is 0. The van der Waals surface area contributed by atoms with E-state index >= 15 is 0 Å². The molecular weight excluding hydrogens is 242 g/mol. The lowest BCUT2D eigenvalue weighted by atomic mass is 10.1. The average Bonchev–Trinajstić information content (AvgIpc) is 2.89. The Morgan fingerprint density at radius 1 is 1.21 bits per heavy atom. The number of phenolic OH excluding ortho intramolecular Hbond substituents is 1. The van der Waals surface area contributed by atoms with Gasteiger partial charge in [-0.2, -0.15) is 4.98 Å². The van der Waals surface area contributed by atoms with E-state index in [4.69, 9.17) is 4.52 Å². The Bertz CT molecular complexity index is 574. The third-order valence-corrected chi connectivity index (χ3v) is 3.49. The first-order valence-corrected chi connectivity index (χ1v) is 6.63. The van der Waals surface area contributed by atoms with Gasteiger partial charge in [0.15, 0.2) is 0 Å². The first-order chi connectivity index (χ1) is 9.24. The van der Waals surface area contributed by atoms with E-state index in [1.54, 1.807) is 18.2 Å². The van der Waals surface area contributed by atoms with Crippen LogP contribution in [-0.4, -0.2) is 28.3 Å². The predicted octanol–water partition coefficient (Wildman–Crippen LogP) is 2.74. The monoisotopic (exact) mass is 259 g/mol. The molecule has 1 saturated heterocycles. The van der Waals surface area contributed by atoms with Gasteiger partial charge in [-0.25, -0.2) is 0 Å². The zero-order valence-corrected chi connectivity index (χ0v) is 11.0. The number of aromatic nitrogens is 2. The van der Waals surface area contributed by atoms with E-state index in [-0.39, 0.29) is 5.75 Å². The number of aryl methyl sites for hydroxylation is 1. The molecule has 0 saturated carbocycles. The fraction of sp³-hybridized carbons (Fsp3) is 0.429. The molecule has 1 aliphatic heterocycles. The highest BCUT2D eigenvalue weighted by Gasteiger charge is 2.18. The molecule has 0 aliphatic carbocycles. The van der Waals surface area contributed by atoms with Crippen molar-refractivity contribution in [2.45, 2.75) is 26.2 Å². The Morgan fingerprint density at radius 3 is 2.74 bits per heavy atom. The summed E-state index contributed by atoms with van der Waals surface area (Å²) in [5, 5.41) is 13.5. The van der Waals surface area contributed by atoms with Gasteiger partial charge in [0.2, 0.25) is 0 Å². The summed E-state index contributed by atoms with van der Waals surface area (Å²) in [6.07, 6.45) is 3.64. The van der Waals surface area contributed by atoms with E-state index in [9.17, 15) is 5.11 Å². The fourth-order valence-corrected chi connectivity index (χ4v) is 2.44. The summed E-state index contributed by atoms with van der Waals surface area (Å²) in [6, 6.07) is 5.13. The van der Waals surface area contributed by atoms with Gasteiger partial charge in [-0.3, -0.25) is 0 Å². The molecule has 3 rings (SSSR count). The quantitative estimate of drug-likeness (QED) is 0.898. The number of nitrogens with zero attached hydrogens (tertiary/aromatic N) is 3. The minimum Gasteiger partial charge on any atom is -0.508 e. The third kappa shape index (κ3) is 2.41. The van der Waals surface area contributed by atoms with Crippen molar-refractivity contribution < 1.29 is 9.63 Å². The van der Waals surface area contributed by atoms with E-state index in [1.165, 1.54) is 19.3 Å². The van der Waals surface area contributed by atoms with Crippen molar-refractivity contribution in [2.75, 3.05) is 18.0 Å². The number of benzene rings is 1. The van der Waals surface area contributed by atoms with Gasteiger partial charge >= 0.3 is 0 Å². The van der Waals surface area contributed by atoms with Gasteiger partial charge in [-0.05, 0) is 55.1 Å². The molecule has 0 radical (unpaired) electrons. The van der Waals surface area contributed by atoms with Gasteiger partial charge in [0.05, 0.1) is 0 Å². The third-order valence-electron chi connectivity index (χ3n) is 3.49.